The molecular weight excluding hydrogens is 180 g/mol. The quantitative estimate of drug-likeness (QED) is 0.542. The van der Waals surface area contributed by atoms with E-state index in [-0.39, 0.29) is 0 Å². The van der Waals surface area contributed by atoms with Crippen LogP contribution in [0.5, 0.6) is 0 Å². The van der Waals surface area contributed by atoms with Gasteiger partial charge in [0, 0.05) is 0 Å². The monoisotopic (exact) mass is 204 g/mol. The Labute approximate surface area is 94.5 Å². The van der Waals surface area contributed by atoms with Crippen molar-refractivity contribution >= 4 is 0 Å². The second-order valence-electron chi connectivity index (χ2n) is 5.92. The first-order valence-corrected chi connectivity index (χ1v) is 6.39. The highest BCUT2D eigenvalue weighted by molar-refractivity contribution is 5.23. The van der Waals surface area contributed by atoms with Crippen LogP contribution in [0.1, 0.15) is 52.9 Å². The lowest BCUT2D eigenvalue weighted by Gasteiger charge is -2.47. The zero-order valence-corrected chi connectivity index (χ0v) is 10.5. The van der Waals surface area contributed by atoms with Gasteiger partial charge in [-0.2, -0.15) is 0 Å². The Bertz CT molecular complexity index is 297. The summed E-state index contributed by atoms with van der Waals surface area (Å²) in [4.78, 5) is 0. The van der Waals surface area contributed by atoms with E-state index >= 15 is 0 Å². The molecule has 0 unspecified atom stereocenters. The molecular formula is C15H24. The molecule has 1 fully saturated rings. The molecule has 84 valence electrons. The first kappa shape index (κ1) is 11.0. The van der Waals surface area contributed by atoms with Gasteiger partial charge in [-0.1, -0.05) is 37.6 Å². The summed E-state index contributed by atoms with van der Waals surface area (Å²) >= 11 is 0. The lowest BCUT2D eigenvalue weighted by atomic mass is 9.58. The zero-order valence-electron chi connectivity index (χ0n) is 10.5. The Morgan fingerprint density at radius 3 is 2.93 bits per heavy atom. The third-order valence-corrected chi connectivity index (χ3v) is 4.92. The van der Waals surface area contributed by atoms with Crippen LogP contribution in [0.3, 0.4) is 0 Å². The third-order valence-electron chi connectivity index (χ3n) is 4.92. The van der Waals surface area contributed by atoms with Gasteiger partial charge < -0.3 is 0 Å². The van der Waals surface area contributed by atoms with Crippen LogP contribution in [0.15, 0.2) is 23.8 Å². The first-order chi connectivity index (χ1) is 7.04. The molecule has 0 aliphatic heterocycles. The van der Waals surface area contributed by atoms with Gasteiger partial charge in [0.15, 0.2) is 0 Å². The summed E-state index contributed by atoms with van der Waals surface area (Å²) in [7, 11) is 0. The van der Waals surface area contributed by atoms with Crippen LogP contribution in [0.4, 0.5) is 0 Å². The smallest absolute Gasteiger partial charge is 0.00850 e. The van der Waals surface area contributed by atoms with Gasteiger partial charge in [-0.15, -0.1) is 0 Å². The van der Waals surface area contributed by atoms with E-state index in [0.717, 1.165) is 11.8 Å². The third kappa shape index (κ3) is 1.79. The fraction of sp³-hybridized carbons (Fsp3) is 0.733. The summed E-state index contributed by atoms with van der Waals surface area (Å²) in [5.74, 6) is 1.60. The van der Waals surface area contributed by atoms with Crippen LogP contribution in [0.2, 0.25) is 0 Å². The average Bonchev–Trinajstić information content (AvgIpc) is 2.19. The summed E-state index contributed by atoms with van der Waals surface area (Å²) in [5.41, 5.74) is 3.61. The Balaban J connectivity index is 2.26. The molecule has 0 aromatic carbocycles. The maximum absolute atomic E-state index is 4.14. The standard InChI is InChI=1S/C15H24/c1-11(2)13-8-9-14-7-5-6-12(3)15(14,4)10-13/h9,12-13H,1,5-8,10H2,2-4H3/t12-,13+,15-/m0/s1. The molecule has 0 N–H and O–H groups in total. The summed E-state index contributed by atoms with van der Waals surface area (Å²) in [6.45, 7) is 11.3. The van der Waals surface area contributed by atoms with Gasteiger partial charge in [-0.05, 0) is 56.3 Å². The maximum atomic E-state index is 4.14. The predicted octanol–water partition coefficient (Wildman–Crippen LogP) is 4.73. The van der Waals surface area contributed by atoms with E-state index in [9.17, 15) is 0 Å². The molecule has 0 aromatic rings. The van der Waals surface area contributed by atoms with Crippen molar-refractivity contribution in [1.82, 2.24) is 0 Å². The second-order valence-corrected chi connectivity index (χ2v) is 5.92. The van der Waals surface area contributed by atoms with Gasteiger partial charge in [0.25, 0.3) is 0 Å². The SMILES string of the molecule is C=C(C)[C@@H]1CC=C2CCC[C@H](C)[C@]2(C)C1. The minimum absolute atomic E-state index is 0.486. The molecule has 2 aliphatic rings. The van der Waals surface area contributed by atoms with Crippen LogP contribution in [0, 0.1) is 17.3 Å². The normalized spacial score (nSPS) is 40.6. The van der Waals surface area contributed by atoms with Gasteiger partial charge in [0.05, 0.1) is 0 Å². The summed E-state index contributed by atoms with van der Waals surface area (Å²) in [6, 6.07) is 0. The molecule has 0 saturated heterocycles. The van der Waals surface area contributed by atoms with Crippen molar-refractivity contribution in [2.24, 2.45) is 17.3 Å². The highest BCUT2D eigenvalue weighted by Crippen LogP contribution is 2.52. The molecule has 0 bridgehead atoms. The van der Waals surface area contributed by atoms with Crippen molar-refractivity contribution in [1.29, 1.82) is 0 Å². The molecule has 0 spiro atoms. The fourth-order valence-corrected chi connectivity index (χ4v) is 3.44. The largest absolute Gasteiger partial charge is 0.0998 e. The first-order valence-electron chi connectivity index (χ1n) is 6.39. The van der Waals surface area contributed by atoms with E-state index in [1.165, 1.54) is 37.7 Å². The Kier molecular flexibility index (Phi) is 2.79. The van der Waals surface area contributed by atoms with E-state index < -0.39 is 0 Å². The van der Waals surface area contributed by atoms with E-state index in [0.29, 0.717) is 5.41 Å². The van der Waals surface area contributed by atoms with Gasteiger partial charge in [0.1, 0.15) is 0 Å². The number of allylic oxidation sites excluding steroid dienone is 3. The Morgan fingerprint density at radius 1 is 1.53 bits per heavy atom. The molecule has 2 rings (SSSR count). The molecule has 15 heavy (non-hydrogen) atoms. The lowest BCUT2D eigenvalue weighted by Crippen LogP contribution is -2.36. The van der Waals surface area contributed by atoms with Gasteiger partial charge in [-0.3, -0.25) is 0 Å². The van der Waals surface area contributed by atoms with Crippen LogP contribution < -0.4 is 0 Å². The summed E-state index contributed by atoms with van der Waals surface area (Å²) in [5, 5.41) is 0. The highest BCUT2D eigenvalue weighted by atomic mass is 14.5. The fourth-order valence-electron chi connectivity index (χ4n) is 3.44. The molecule has 1 saturated carbocycles. The van der Waals surface area contributed by atoms with E-state index in [1.807, 2.05) is 0 Å². The number of hydrogen-bond donors (Lipinski definition) is 0. The topological polar surface area (TPSA) is 0 Å². The number of rotatable bonds is 1. The predicted molar refractivity (Wildman–Crippen MR) is 66.7 cm³/mol. The summed E-state index contributed by atoms with van der Waals surface area (Å²) < 4.78 is 0. The molecule has 0 heterocycles. The highest BCUT2D eigenvalue weighted by Gasteiger charge is 2.41. The average molecular weight is 204 g/mol. The van der Waals surface area contributed by atoms with Crippen LogP contribution in [0.25, 0.3) is 0 Å². The molecule has 0 heteroatoms. The van der Waals surface area contributed by atoms with Gasteiger partial charge in [0.2, 0.25) is 0 Å². The zero-order chi connectivity index (χ0) is 11.1. The molecule has 3 atom stereocenters. The number of fused-ring (bicyclic) bond motifs is 1. The van der Waals surface area contributed by atoms with Crippen molar-refractivity contribution in [2.45, 2.75) is 52.9 Å². The second kappa shape index (κ2) is 3.81. The molecule has 0 radical (unpaired) electrons. The van der Waals surface area contributed by atoms with Crippen molar-refractivity contribution in [3.63, 3.8) is 0 Å². The van der Waals surface area contributed by atoms with E-state index in [1.54, 1.807) is 5.57 Å². The molecule has 0 amide bonds. The van der Waals surface area contributed by atoms with E-state index in [2.05, 4.69) is 33.4 Å². The minimum Gasteiger partial charge on any atom is -0.0998 e. The van der Waals surface area contributed by atoms with Crippen molar-refractivity contribution in [3.05, 3.63) is 23.8 Å². The van der Waals surface area contributed by atoms with Gasteiger partial charge in [-0.25, -0.2) is 0 Å². The molecule has 0 aromatic heterocycles. The van der Waals surface area contributed by atoms with Crippen LogP contribution >= 0.6 is 0 Å². The van der Waals surface area contributed by atoms with Gasteiger partial charge >= 0.3 is 0 Å². The van der Waals surface area contributed by atoms with Crippen LogP contribution in [-0.2, 0) is 0 Å². The van der Waals surface area contributed by atoms with Crippen molar-refractivity contribution < 1.29 is 0 Å². The van der Waals surface area contributed by atoms with Crippen molar-refractivity contribution in [2.75, 3.05) is 0 Å². The van der Waals surface area contributed by atoms with E-state index in [4.69, 9.17) is 0 Å². The lowest BCUT2D eigenvalue weighted by molar-refractivity contribution is 0.152. The number of hydrogen-bond acceptors (Lipinski definition) is 0. The Hall–Kier alpha value is -0.520. The Morgan fingerprint density at radius 2 is 2.27 bits per heavy atom. The molecule has 2 aliphatic carbocycles. The maximum Gasteiger partial charge on any atom is -0.00850 e. The summed E-state index contributed by atoms with van der Waals surface area (Å²) in [6.07, 6.45) is 9.28. The minimum atomic E-state index is 0.486. The van der Waals surface area contributed by atoms with Crippen molar-refractivity contribution in [3.8, 4) is 0 Å². The van der Waals surface area contributed by atoms with Crippen LogP contribution in [-0.4, -0.2) is 0 Å². The molecule has 0 nitrogen and oxygen atoms in total.